The lowest BCUT2D eigenvalue weighted by Gasteiger charge is -2.10. The Morgan fingerprint density at radius 1 is 1.29 bits per heavy atom. The molecule has 0 saturated carbocycles. The van der Waals surface area contributed by atoms with Gasteiger partial charge in [0.05, 0.1) is 5.56 Å². The van der Waals surface area contributed by atoms with Crippen molar-refractivity contribution >= 4 is 17.6 Å². The Kier molecular flexibility index (Phi) is 3.77. The molecule has 1 aromatic rings. The van der Waals surface area contributed by atoms with Crippen LogP contribution in [0, 0.1) is 13.8 Å². The summed E-state index contributed by atoms with van der Waals surface area (Å²) < 4.78 is 24.0. The highest BCUT2D eigenvalue weighted by molar-refractivity contribution is 5.96. The van der Waals surface area contributed by atoms with Gasteiger partial charge in [-0.15, -0.1) is 0 Å². The maximum atomic E-state index is 12.0. The number of halogens is 2. The van der Waals surface area contributed by atoms with E-state index >= 15 is 0 Å². The van der Waals surface area contributed by atoms with E-state index in [4.69, 9.17) is 5.11 Å². The number of anilines is 1. The SMILES string of the molecule is Cc1cc(NC(=O)C(F)F)cc(C(=O)O)c1C. The summed E-state index contributed by atoms with van der Waals surface area (Å²) in [4.78, 5) is 21.7. The first kappa shape index (κ1) is 13.1. The Hall–Kier alpha value is -1.98. The Morgan fingerprint density at radius 2 is 1.88 bits per heavy atom. The zero-order valence-corrected chi connectivity index (χ0v) is 9.25. The standard InChI is InChI=1S/C11H11F2NO3/c1-5-3-7(14-10(15)9(12)13)4-8(6(5)2)11(16)17/h3-4,9H,1-2H3,(H,14,15)(H,16,17). The summed E-state index contributed by atoms with van der Waals surface area (Å²) in [5.41, 5.74) is 1.17. The minimum Gasteiger partial charge on any atom is -0.478 e. The molecule has 0 atom stereocenters. The van der Waals surface area contributed by atoms with Crippen molar-refractivity contribution in [2.75, 3.05) is 5.32 Å². The smallest absolute Gasteiger partial charge is 0.336 e. The van der Waals surface area contributed by atoms with E-state index in [-0.39, 0.29) is 11.3 Å². The number of carboxylic acids is 1. The third kappa shape index (κ3) is 2.99. The fourth-order valence-corrected chi connectivity index (χ4v) is 1.35. The van der Waals surface area contributed by atoms with Gasteiger partial charge in [0.15, 0.2) is 0 Å². The summed E-state index contributed by atoms with van der Waals surface area (Å²) in [6.07, 6.45) is -3.13. The van der Waals surface area contributed by atoms with Gasteiger partial charge in [-0.05, 0) is 37.1 Å². The van der Waals surface area contributed by atoms with Gasteiger partial charge in [0.2, 0.25) is 0 Å². The zero-order valence-electron chi connectivity index (χ0n) is 9.25. The predicted molar refractivity (Wildman–Crippen MR) is 57.5 cm³/mol. The summed E-state index contributed by atoms with van der Waals surface area (Å²) in [5.74, 6) is -2.62. The summed E-state index contributed by atoms with van der Waals surface area (Å²) >= 11 is 0. The number of alkyl halides is 2. The average molecular weight is 243 g/mol. The van der Waals surface area contributed by atoms with Gasteiger partial charge >= 0.3 is 12.4 Å². The maximum Gasteiger partial charge on any atom is 0.336 e. The third-order valence-corrected chi connectivity index (χ3v) is 2.36. The van der Waals surface area contributed by atoms with Crippen molar-refractivity contribution in [3.63, 3.8) is 0 Å². The number of aromatic carboxylic acids is 1. The monoisotopic (exact) mass is 243 g/mol. The largest absolute Gasteiger partial charge is 0.478 e. The van der Waals surface area contributed by atoms with Crippen LogP contribution in [-0.2, 0) is 4.79 Å². The number of hydrogen-bond donors (Lipinski definition) is 2. The number of carboxylic acid groups (broad SMARTS) is 1. The normalized spacial score (nSPS) is 10.4. The Morgan fingerprint density at radius 3 is 2.35 bits per heavy atom. The number of hydrogen-bond acceptors (Lipinski definition) is 2. The number of amides is 1. The fraction of sp³-hybridized carbons (Fsp3) is 0.273. The number of aryl methyl sites for hydroxylation is 1. The minimum atomic E-state index is -3.13. The number of nitrogens with one attached hydrogen (secondary N) is 1. The predicted octanol–water partition coefficient (Wildman–Crippen LogP) is 2.21. The average Bonchev–Trinajstić information content (AvgIpc) is 2.22. The molecule has 0 heterocycles. The molecule has 0 aliphatic heterocycles. The van der Waals surface area contributed by atoms with Crippen molar-refractivity contribution in [2.45, 2.75) is 20.3 Å². The van der Waals surface area contributed by atoms with Crippen LogP contribution in [0.5, 0.6) is 0 Å². The molecular formula is C11H11F2NO3. The van der Waals surface area contributed by atoms with Gasteiger partial charge in [-0.2, -0.15) is 8.78 Å². The van der Waals surface area contributed by atoms with Gasteiger partial charge in [0.1, 0.15) is 0 Å². The Bertz CT molecular complexity index is 472. The van der Waals surface area contributed by atoms with Crippen molar-refractivity contribution in [1.82, 2.24) is 0 Å². The zero-order chi connectivity index (χ0) is 13.2. The van der Waals surface area contributed by atoms with Crippen molar-refractivity contribution in [3.05, 3.63) is 28.8 Å². The number of benzene rings is 1. The van der Waals surface area contributed by atoms with Crippen LogP contribution in [0.2, 0.25) is 0 Å². The Labute approximate surface area is 96.3 Å². The van der Waals surface area contributed by atoms with Gasteiger partial charge in [-0.25, -0.2) is 4.79 Å². The highest BCUT2D eigenvalue weighted by Crippen LogP contribution is 2.20. The molecule has 1 aromatic carbocycles. The van der Waals surface area contributed by atoms with Crippen LogP contribution in [0.25, 0.3) is 0 Å². The van der Waals surface area contributed by atoms with E-state index in [1.54, 1.807) is 13.8 Å². The molecule has 0 unspecified atom stereocenters. The van der Waals surface area contributed by atoms with E-state index in [1.165, 1.54) is 6.07 Å². The van der Waals surface area contributed by atoms with Crippen molar-refractivity contribution < 1.29 is 23.5 Å². The quantitative estimate of drug-likeness (QED) is 0.855. The first-order valence-electron chi connectivity index (χ1n) is 4.76. The highest BCUT2D eigenvalue weighted by Gasteiger charge is 2.17. The minimum absolute atomic E-state index is 0.0189. The second-order valence-corrected chi connectivity index (χ2v) is 3.56. The van der Waals surface area contributed by atoms with Crippen LogP contribution in [-0.4, -0.2) is 23.4 Å². The molecule has 4 nitrogen and oxygen atoms in total. The molecule has 1 rings (SSSR count). The second-order valence-electron chi connectivity index (χ2n) is 3.56. The lowest BCUT2D eigenvalue weighted by atomic mass is 10.0. The van der Waals surface area contributed by atoms with Crippen LogP contribution in [0.1, 0.15) is 21.5 Å². The first-order chi connectivity index (χ1) is 7.82. The number of carbonyl (C=O) groups excluding carboxylic acids is 1. The molecule has 0 aliphatic rings. The molecule has 6 heteroatoms. The molecule has 0 aromatic heterocycles. The van der Waals surface area contributed by atoms with Gasteiger partial charge in [0, 0.05) is 5.69 Å². The van der Waals surface area contributed by atoms with Crippen LogP contribution >= 0.6 is 0 Å². The molecule has 0 bridgehead atoms. The van der Waals surface area contributed by atoms with Crippen LogP contribution in [0.15, 0.2) is 12.1 Å². The molecule has 17 heavy (non-hydrogen) atoms. The fourth-order valence-electron chi connectivity index (χ4n) is 1.35. The number of rotatable bonds is 3. The summed E-state index contributed by atoms with van der Waals surface area (Å²) in [5, 5.41) is 10.8. The van der Waals surface area contributed by atoms with E-state index in [0.29, 0.717) is 11.1 Å². The summed E-state index contributed by atoms with van der Waals surface area (Å²) in [6, 6.07) is 2.60. The van der Waals surface area contributed by atoms with Gasteiger partial charge in [-0.1, -0.05) is 0 Å². The molecule has 92 valence electrons. The summed E-state index contributed by atoms with van der Waals surface area (Å²) in [7, 11) is 0. The Balaban J connectivity index is 3.11. The lowest BCUT2D eigenvalue weighted by molar-refractivity contribution is -0.126. The van der Waals surface area contributed by atoms with Gasteiger partial charge in [0.25, 0.3) is 5.91 Å². The van der Waals surface area contributed by atoms with E-state index in [2.05, 4.69) is 0 Å². The summed E-state index contributed by atoms with van der Waals surface area (Å²) in [6.45, 7) is 3.25. The van der Waals surface area contributed by atoms with Crippen molar-refractivity contribution in [3.8, 4) is 0 Å². The molecular weight excluding hydrogens is 232 g/mol. The van der Waals surface area contributed by atoms with Crippen LogP contribution in [0.4, 0.5) is 14.5 Å². The highest BCUT2D eigenvalue weighted by atomic mass is 19.3. The molecule has 0 aliphatic carbocycles. The molecule has 1 amide bonds. The lowest BCUT2D eigenvalue weighted by Crippen LogP contribution is -2.20. The second kappa shape index (κ2) is 4.90. The third-order valence-electron chi connectivity index (χ3n) is 2.36. The molecule has 0 radical (unpaired) electrons. The van der Waals surface area contributed by atoms with E-state index in [1.807, 2.05) is 5.32 Å². The first-order valence-corrected chi connectivity index (χ1v) is 4.76. The molecule has 0 fully saturated rings. The van der Waals surface area contributed by atoms with Crippen LogP contribution in [0.3, 0.4) is 0 Å². The maximum absolute atomic E-state index is 12.0. The van der Waals surface area contributed by atoms with E-state index < -0.39 is 18.3 Å². The van der Waals surface area contributed by atoms with Crippen LogP contribution < -0.4 is 5.32 Å². The molecule has 2 N–H and O–H groups in total. The topological polar surface area (TPSA) is 66.4 Å². The van der Waals surface area contributed by atoms with Gasteiger partial charge < -0.3 is 10.4 Å². The van der Waals surface area contributed by atoms with E-state index in [9.17, 15) is 18.4 Å². The number of carbonyl (C=O) groups is 2. The van der Waals surface area contributed by atoms with Gasteiger partial charge in [-0.3, -0.25) is 4.79 Å². The van der Waals surface area contributed by atoms with E-state index in [0.717, 1.165) is 6.07 Å². The molecule has 0 spiro atoms. The molecule has 0 saturated heterocycles. The van der Waals surface area contributed by atoms with Crippen molar-refractivity contribution in [2.24, 2.45) is 0 Å². The van der Waals surface area contributed by atoms with Crippen molar-refractivity contribution in [1.29, 1.82) is 0 Å².